The molecule has 0 aliphatic rings. The van der Waals surface area contributed by atoms with Gasteiger partial charge in [0.25, 0.3) is 0 Å². The van der Waals surface area contributed by atoms with Crippen LogP contribution < -0.4 is 19.5 Å². The molecule has 0 bridgehead atoms. The van der Waals surface area contributed by atoms with E-state index in [4.69, 9.17) is 14.2 Å². The lowest BCUT2D eigenvalue weighted by molar-refractivity contribution is 0.216. The van der Waals surface area contributed by atoms with Crippen LogP contribution in [-0.4, -0.2) is 19.8 Å². The number of rotatable bonds is 12. The first kappa shape index (κ1) is 20.6. The van der Waals surface area contributed by atoms with E-state index in [-0.39, 0.29) is 0 Å². The first-order valence-electron chi connectivity index (χ1n) is 10.2. The van der Waals surface area contributed by atoms with E-state index in [2.05, 4.69) is 18.3 Å². The number of hydrogen-bond donors (Lipinski definition) is 1. The molecule has 0 unspecified atom stereocenters. The normalized spacial score (nSPS) is 10.4. The van der Waals surface area contributed by atoms with E-state index in [1.165, 1.54) is 0 Å². The third kappa shape index (κ3) is 7.07. The lowest BCUT2D eigenvalue weighted by Gasteiger charge is -2.14. The monoisotopic (exact) mass is 391 g/mol. The van der Waals surface area contributed by atoms with Crippen molar-refractivity contribution in [1.29, 1.82) is 0 Å². The van der Waals surface area contributed by atoms with Gasteiger partial charge in [-0.05, 0) is 36.8 Å². The van der Waals surface area contributed by atoms with E-state index >= 15 is 0 Å². The first-order chi connectivity index (χ1) is 14.3. The minimum atomic E-state index is 0.493. The molecule has 0 radical (unpaired) electrons. The highest BCUT2D eigenvalue weighted by Crippen LogP contribution is 2.22. The molecule has 0 heterocycles. The van der Waals surface area contributed by atoms with Crippen LogP contribution in [0.5, 0.6) is 17.2 Å². The Morgan fingerprint density at radius 3 is 2.28 bits per heavy atom. The van der Waals surface area contributed by atoms with Gasteiger partial charge in [-0.2, -0.15) is 0 Å². The van der Waals surface area contributed by atoms with Crippen LogP contribution in [0.2, 0.25) is 0 Å². The van der Waals surface area contributed by atoms with Crippen LogP contribution in [0.15, 0.2) is 78.9 Å². The number of para-hydroxylation sites is 2. The SMILES string of the molecule is CCCCOc1cccc(NCc2ccccc2OCCOc2ccccc2)c1. The molecule has 0 atom stereocenters. The molecule has 1 N–H and O–H groups in total. The van der Waals surface area contributed by atoms with E-state index in [1.54, 1.807) is 0 Å². The third-order valence-corrected chi connectivity index (χ3v) is 4.41. The van der Waals surface area contributed by atoms with Crippen molar-refractivity contribution in [1.82, 2.24) is 0 Å². The molecule has 0 aliphatic heterocycles. The van der Waals surface area contributed by atoms with Gasteiger partial charge in [-0.15, -0.1) is 0 Å². The summed E-state index contributed by atoms with van der Waals surface area (Å²) in [5.41, 5.74) is 2.13. The molecule has 4 heteroatoms. The lowest BCUT2D eigenvalue weighted by Crippen LogP contribution is -2.11. The minimum absolute atomic E-state index is 0.493. The fourth-order valence-electron chi connectivity index (χ4n) is 2.85. The molecule has 3 aromatic rings. The van der Waals surface area contributed by atoms with Crippen molar-refractivity contribution in [2.45, 2.75) is 26.3 Å². The summed E-state index contributed by atoms with van der Waals surface area (Å²) in [4.78, 5) is 0. The molecular weight excluding hydrogens is 362 g/mol. The Bertz CT molecular complexity index is 851. The molecular formula is C25H29NO3. The second-order valence-corrected chi connectivity index (χ2v) is 6.70. The Morgan fingerprint density at radius 1 is 0.690 bits per heavy atom. The molecule has 29 heavy (non-hydrogen) atoms. The molecule has 3 rings (SSSR count). The standard InChI is InChI=1S/C25H29NO3/c1-2-3-16-27-24-14-9-11-22(19-24)26-20-21-10-7-8-15-25(21)29-18-17-28-23-12-5-4-6-13-23/h4-15,19,26H,2-3,16-18,20H2,1H3. The van der Waals surface area contributed by atoms with Crippen molar-refractivity contribution in [2.75, 3.05) is 25.1 Å². The average Bonchev–Trinajstić information content (AvgIpc) is 2.77. The average molecular weight is 392 g/mol. The third-order valence-electron chi connectivity index (χ3n) is 4.41. The van der Waals surface area contributed by atoms with Crippen LogP contribution in [0.4, 0.5) is 5.69 Å². The quantitative estimate of drug-likeness (QED) is 0.388. The van der Waals surface area contributed by atoms with Crippen LogP contribution in [0.25, 0.3) is 0 Å². The molecule has 0 saturated heterocycles. The molecule has 4 nitrogen and oxygen atoms in total. The fraction of sp³-hybridized carbons (Fsp3) is 0.280. The van der Waals surface area contributed by atoms with Gasteiger partial charge in [0, 0.05) is 23.9 Å². The van der Waals surface area contributed by atoms with E-state index in [1.807, 2.05) is 72.8 Å². The number of hydrogen-bond acceptors (Lipinski definition) is 4. The van der Waals surface area contributed by atoms with E-state index in [0.717, 1.165) is 47.9 Å². The summed E-state index contributed by atoms with van der Waals surface area (Å²) in [5, 5.41) is 3.46. The van der Waals surface area contributed by atoms with Crippen molar-refractivity contribution in [3.05, 3.63) is 84.4 Å². The maximum absolute atomic E-state index is 5.95. The highest BCUT2D eigenvalue weighted by Gasteiger charge is 2.04. The largest absolute Gasteiger partial charge is 0.494 e. The molecule has 0 amide bonds. The Labute approximate surface area is 173 Å². The Hall–Kier alpha value is -3.14. The molecule has 0 aromatic heterocycles. The number of nitrogens with one attached hydrogen (secondary N) is 1. The number of anilines is 1. The summed E-state index contributed by atoms with van der Waals surface area (Å²) in [5.74, 6) is 2.62. The zero-order chi connectivity index (χ0) is 20.2. The second-order valence-electron chi connectivity index (χ2n) is 6.70. The van der Waals surface area contributed by atoms with Gasteiger partial charge in [-0.1, -0.05) is 55.8 Å². The van der Waals surface area contributed by atoms with Gasteiger partial charge in [-0.25, -0.2) is 0 Å². The number of ether oxygens (including phenoxy) is 3. The second kappa shape index (κ2) is 11.6. The van der Waals surface area contributed by atoms with Gasteiger partial charge < -0.3 is 19.5 Å². The predicted molar refractivity (Wildman–Crippen MR) is 118 cm³/mol. The summed E-state index contributed by atoms with van der Waals surface area (Å²) in [6.07, 6.45) is 2.20. The van der Waals surface area contributed by atoms with Gasteiger partial charge in [0.05, 0.1) is 6.61 Å². The maximum atomic E-state index is 5.95. The van der Waals surface area contributed by atoms with Crippen LogP contribution in [0.1, 0.15) is 25.3 Å². The summed E-state index contributed by atoms with van der Waals surface area (Å²) in [6, 6.07) is 25.9. The molecule has 3 aromatic carbocycles. The fourth-order valence-corrected chi connectivity index (χ4v) is 2.85. The first-order valence-corrected chi connectivity index (χ1v) is 10.2. The number of unbranched alkanes of at least 4 members (excludes halogenated alkanes) is 1. The summed E-state index contributed by atoms with van der Waals surface area (Å²) in [7, 11) is 0. The molecule has 0 spiro atoms. The predicted octanol–water partition coefficient (Wildman–Crippen LogP) is 5.94. The van der Waals surface area contributed by atoms with Crippen LogP contribution in [0, 0.1) is 0 Å². The Balaban J connectivity index is 1.49. The molecule has 0 fully saturated rings. The molecule has 152 valence electrons. The van der Waals surface area contributed by atoms with Gasteiger partial charge in [0.15, 0.2) is 0 Å². The Morgan fingerprint density at radius 2 is 1.41 bits per heavy atom. The highest BCUT2D eigenvalue weighted by molar-refractivity contribution is 5.49. The van der Waals surface area contributed by atoms with Gasteiger partial charge >= 0.3 is 0 Å². The van der Waals surface area contributed by atoms with Crippen LogP contribution >= 0.6 is 0 Å². The maximum Gasteiger partial charge on any atom is 0.124 e. The molecule has 0 saturated carbocycles. The minimum Gasteiger partial charge on any atom is -0.494 e. The summed E-state index contributed by atoms with van der Waals surface area (Å²) in [6.45, 7) is 4.58. The van der Waals surface area contributed by atoms with Crippen molar-refractivity contribution in [2.24, 2.45) is 0 Å². The number of benzene rings is 3. The molecule has 0 aliphatic carbocycles. The zero-order valence-electron chi connectivity index (χ0n) is 17.0. The van der Waals surface area contributed by atoms with Gasteiger partial charge in [0.2, 0.25) is 0 Å². The topological polar surface area (TPSA) is 39.7 Å². The van der Waals surface area contributed by atoms with Crippen molar-refractivity contribution in [3.63, 3.8) is 0 Å². The van der Waals surface area contributed by atoms with Crippen molar-refractivity contribution < 1.29 is 14.2 Å². The Kier molecular flexibility index (Phi) is 8.27. The van der Waals surface area contributed by atoms with E-state index < -0.39 is 0 Å². The lowest BCUT2D eigenvalue weighted by atomic mass is 10.2. The highest BCUT2D eigenvalue weighted by atomic mass is 16.5. The smallest absolute Gasteiger partial charge is 0.124 e. The zero-order valence-corrected chi connectivity index (χ0v) is 17.0. The van der Waals surface area contributed by atoms with E-state index in [9.17, 15) is 0 Å². The van der Waals surface area contributed by atoms with Crippen LogP contribution in [-0.2, 0) is 6.54 Å². The van der Waals surface area contributed by atoms with Crippen molar-refractivity contribution in [3.8, 4) is 17.2 Å². The van der Waals surface area contributed by atoms with Crippen molar-refractivity contribution >= 4 is 5.69 Å². The van der Waals surface area contributed by atoms with Crippen LogP contribution in [0.3, 0.4) is 0 Å². The van der Waals surface area contributed by atoms with E-state index in [0.29, 0.717) is 19.8 Å². The van der Waals surface area contributed by atoms with Gasteiger partial charge in [-0.3, -0.25) is 0 Å². The summed E-state index contributed by atoms with van der Waals surface area (Å²) >= 11 is 0. The van der Waals surface area contributed by atoms with Gasteiger partial charge in [0.1, 0.15) is 30.5 Å². The summed E-state index contributed by atoms with van der Waals surface area (Å²) < 4.78 is 17.4.